The van der Waals surface area contributed by atoms with Crippen molar-refractivity contribution in [3.8, 4) is 0 Å². The molecule has 2 rings (SSSR count). The van der Waals surface area contributed by atoms with E-state index in [1.165, 1.54) is 5.56 Å². The van der Waals surface area contributed by atoms with Crippen molar-refractivity contribution in [1.82, 2.24) is 9.97 Å². The Hall–Kier alpha value is -2.10. The molecule has 0 aliphatic rings. The van der Waals surface area contributed by atoms with Crippen LogP contribution in [0, 0.1) is 6.92 Å². The van der Waals surface area contributed by atoms with Crippen molar-refractivity contribution < 1.29 is 0 Å². The SMILES string of the molecule is CCCc1cc(=O)[nH]c(Nc2c(C)cccc2CC)n1. The number of hydrogen-bond donors (Lipinski definition) is 2. The molecule has 4 nitrogen and oxygen atoms in total. The van der Waals surface area contributed by atoms with Gasteiger partial charge in [-0.1, -0.05) is 38.5 Å². The maximum Gasteiger partial charge on any atom is 0.252 e. The average molecular weight is 271 g/mol. The largest absolute Gasteiger partial charge is 0.325 e. The van der Waals surface area contributed by atoms with Crippen molar-refractivity contribution in [2.45, 2.75) is 40.0 Å². The molecule has 0 bridgehead atoms. The van der Waals surface area contributed by atoms with E-state index in [9.17, 15) is 4.79 Å². The minimum atomic E-state index is -0.113. The molecule has 1 heterocycles. The van der Waals surface area contributed by atoms with Crippen LogP contribution in [-0.4, -0.2) is 9.97 Å². The van der Waals surface area contributed by atoms with Gasteiger partial charge in [-0.05, 0) is 30.9 Å². The third kappa shape index (κ3) is 3.26. The van der Waals surface area contributed by atoms with Crippen LogP contribution < -0.4 is 10.9 Å². The summed E-state index contributed by atoms with van der Waals surface area (Å²) >= 11 is 0. The molecular weight excluding hydrogens is 250 g/mol. The van der Waals surface area contributed by atoms with E-state index in [1.807, 2.05) is 6.07 Å². The van der Waals surface area contributed by atoms with Gasteiger partial charge in [-0.15, -0.1) is 0 Å². The molecule has 1 aromatic carbocycles. The van der Waals surface area contributed by atoms with E-state index in [0.717, 1.165) is 36.2 Å². The predicted molar refractivity (Wildman–Crippen MR) is 82.7 cm³/mol. The van der Waals surface area contributed by atoms with E-state index >= 15 is 0 Å². The minimum Gasteiger partial charge on any atom is -0.325 e. The summed E-state index contributed by atoms with van der Waals surface area (Å²) in [4.78, 5) is 18.9. The van der Waals surface area contributed by atoms with Gasteiger partial charge < -0.3 is 5.32 Å². The summed E-state index contributed by atoms with van der Waals surface area (Å²) in [5, 5.41) is 3.26. The first-order valence-electron chi connectivity index (χ1n) is 7.09. The fourth-order valence-corrected chi connectivity index (χ4v) is 2.27. The molecular formula is C16H21N3O. The van der Waals surface area contributed by atoms with Crippen LogP contribution in [0.15, 0.2) is 29.1 Å². The molecule has 20 heavy (non-hydrogen) atoms. The molecule has 0 aliphatic heterocycles. The second-order valence-corrected chi connectivity index (χ2v) is 4.92. The number of nitrogens with one attached hydrogen (secondary N) is 2. The quantitative estimate of drug-likeness (QED) is 0.877. The highest BCUT2D eigenvalue weighted by molar-refractivity contribution is 5.63. The normalized spacial score (nSPS) is 10.6. The van der Waals surface area contributed by atoms with Crippen LogP contribution in [-0.2, 0) is 12.8 Å². The standard InChI is InChI=1S/C16H21N3O/c1-4-7-13-10-14(20)18-16(17-13)19-15-11(3)8-6-9-12(15)5-2/h6,8-10H,4-5,7H2,1-3H3,(H2,17,18,19,20). The molecule has 106 valence electrons. The summed E-state index contributed by atoms with van der Waals surface area (Å²) in [6.07, 6.45) is 2.72. The topological polar surface area (TPSA) is 57.8 Å². The van der Waals surface area contributed by atoms with Crippen molar-refractivity contribution in [3.63, 3.8) is 0 Å². The van der Waals surface area contributed by atoms with Gasteiger partial charge in [0, 0.05) is 17.4 Å². The Morgan fingerprint density at radius 1 is 1.30 bits per heavy atom. The fourth-order valence-electron chi connectivity index (χ4n) is 2.27. The molecule has 1 aromatic heterocycles. The molecule has 2 N–H and O–H groups in total. The Morgan fingerprint density at radius 3 is 2.80 bits per heavy atom. The van der Waals surface area contributed by atoms with Crippen LogP contribution in [0.3, 0.4) is 0 Å². The van der Waals surface area contributed by atoms with Crippen LogP contribution in [0.25, 0.3) is 0 Å². The third-order valence-corrected chi connectivity index (χ3v) is 3.28. The first-order chi connectivity index (χ1) is 9.63. The zero-order valence-corrected chi connectivity index (χ0v) is 12.3. The van der Waals surface area contributed by atoms with E-state index in [1.54, 1.807) is 6.07 Å². The number of aromatic amines is 1. The lowest BCUT2D eigenvalue weighted by molar-refractivity contribution is 0.869. The van der Waals surface area contributed by atoms with Gasteiger partial charge in [0.2, 0.25) is 5.95 Å². The fraction of sp³-hybridized carbons (Fsp3) is 0.375. The summed E-state index contributed by atoms with van der Waals surface area (Å²) in [5.74, 6) is 0.518. The molecule has 0 atom stereocenters. The summed E-state index contributed by atoms with van der Waals surface area (Å²) in [5.41, 5.74) is 4.11. The smallest absolute Gasteiger partial charge is 0.252 e. The number of aromatic nitrogens is 2. The van der Waals surface area contributed by atoms with Gasteiger partial charge in [-0.3, -0.25) is 9.78 Å². The molecule has 0 amide bonds. The number of H-pyrrole nitrogens is 1. The number of benzene rings is 1. The number of rotatable bonds is 5. The van der Waals surface area contributed by atoms with Gasteiger partial charge in [0.1, 0.15) is 0 Å². The van der Waals surface area contributed by atoms with E-state index in [4.69, 9.17) is 0 Å². The number of hydrogen-bond acceptors (Lipinski definition) is 3. The average Bonchev–Trinajstić information content (AvgIpc) is 2.41. The van der Waals surface area contributed by atoms with Crippen LogP contribution in [0.5, 0.6) is 0 Å². The zero-order valence-electron chi connectivity index (χ0n) is 12.3. The van der Waals surface area contributed by atoms with Gasteiger partial charge in [0.25, 0.3) is 5.56 Å². The highest BCUT2D eigenvalue weighted by Gasteiger charge is 2.07. The van der Waals surface area contributed by atoms with E-state index in [-0.39, 0.29) is 5.56 Å². The van der Waals surface area contributed by atoms with Crippen LogP contribution in [0.1, 0.15) is 37.1 Å². The zero-order chi connectivity index (χ0) is 14.5. The second-order valence-electron chi connectivity index (χ2n) is 4.92. The molecule has 0 spiro atoms. The Labute approximate surface area is 119 Å². The molecule has 0 saturated heterocycles. The van der Waals surface area contributed by atoms with Crippen molar-refractivity contribution in [1.29, 1.82) is 0 Å². The van der Waals surface area contributed by atoms with Gasteiger partial charge in [0.05, 0.1) is 0 Å². The predicted octanol–water partition coefficient (Wildman–Crippen LogP) is 3.34. The maximum atomic E-state index is 11.7. The molecule has 0 fully saturated rings. The van der Waals surface area contributed by atoms with Crippen molar-refractivity contribution in [2.24, 2.45) is 0 Å². The van der Waals surface area contributed by atoms with Gasteiger partial charge in [-0.2, -0.15) is 0 Å². The minimum absolute atomic E-state index is 0.113. The van der Waals surface area contributed by atoms with Gasteiger partial charge >= 0.3 is 0 Å². The lowest BCUT2D eigenvalue weighted by Gasteiger charge is -2.13. The Balaban J connectivity index is 2.37. The van der Waals surface area contributed by atoms with Crippen molar-refractivity contribution in [3.05, 3.63) is 51.4 Å². The molecule has 4 heteroatoms. The lowest BCUT2D eigenvalue weighted by atomic mass is 10.1. The van der Waals surface area contributed by atoms with Crippen LogP contribution >= 0.6 is 0 Å². The van der Waals surface area contributed by atoms with Crippen molar-refractivity contribution >= 4 is 11.6 Å². The Kier molecular flexibility index (Phi) is 4.56. The highest BCUT2D eigenvalue weighted by Crippen LogP contribution is 2.23. The molecule has 0 aliphatic carbocycles. The first-order valence-corrected chi connectivity index (χ1v) is 7.09. The lowest BCUT2D eigenvalue weighted by Crippen LogP contribution is -2.13. The van der Waals surface area contributed by atoms with E-state index < -0.39 is 0 Å². The number of nitrogens with zero attached hydrogens (tertiary/aromatic N) is 1. The highest BCUT2D eigenvalue weighted by atomic mass is 16.1. The summed E-state index contributed by atoms with van der Waals surface area (Å²) in [7, 11) is 0. The monoisotopic (exact) mass is 271 g/mol. The van der Waals surface area contributed by atoms with Gasteiger partial charge in [0.15, 0.2) is 0 Å². The molecule has 2 aromatic rings. The number of aryl methyl sites for hydroxylation is 3. The Morgan fingerprint density at radius 2 is 2.10 bits per heavy atom. The number of anilines is 2. The maximum absolute atomic E-state index is 11.7. The van der Waals surface area contributed by atoms with Crippen molar-refractivity contribution in [2.75, 3.05) is 5.32 Å². The molecule has 0 saturated carbocycles. The second kappa shape index (κ2) is 6.37. The third-order valence-electron chi connectivity index (χ3n) is 3.28. The Bertz CT molecular complexity index is 646. The summed E-state index contributed by atoms with van der Waals surface area (Å²) in [6.45, 7) is 6.24. The molecule has 0 radical (unpaired) electrons. The molecule has 0 unspecified atom stereocenters. The van der Waals surface area contributed by atoms with Crippen LogP contribution in [0.2, 0.25) is 0 Å². The van der Waals surface area contributed by atoms with E-state index in [0.29, 0.717) is 5.95 Å². The summed E-state index contributed by atoms with van der Waals surface area (Å²) < 4.78 is 0. The van der Waals surface area contributed by atoms with E-state index in [2.05, 4.69) is 48.2 Å². The first kappa shape index (κ1) is 14.3. The summed E-state index contributed by atoms with van der Waals surface area (Å²) in [6, 6.07) is 7.75. The number of para-hydroxylation sites is 1. The van der Waals surface area contributed by atoms with Gasteiger partial charge in [-0.25, -0.2) is 4.98 Å². The van der Waals surface area contributed by atoms with Crippen LogP contribution in [0.4, 0.5) is 11.6 Å².